The first-order chi connectivity index (χ1) is 8.49. The standard InChI is InChI=1S/C13H20BrN3O/c1-5-17(6-2)13(18)10(4)16-12-11(14)7-9(3)8-15-12/h7-8,10H,5-6H2,1-4H3,(H,15,16). The highest BCUT2D eigenvalue weighted by Crippen LogP contribution is 2.21. The van der Waals surface area contributed by atoms with Gasteiger partial charge in [-0.1, -0.05) is 0 Å². The van der Waals surface area contributed by atoms with Gasteiger partial charge in [-0.05, 0) is 55.3 Å². The molecule has 4 nitrogen and oxygen atoms in total. The molecule has 0 bridgehead atoms. The summed E-state index contributed by atoms with van der Waals surface area (Å²) < 4.78 is 0.877. The number of pyridine rings is 1. The van der Waals surface area contributed by atoms with Crippen molar-refractivity contribution in [1.29, 1.82) is 0 Å². The smallest absolute Gasteiger partial charge is 0.244 e. The average Bonchev–Trinajstić information content (AvgIpc) is 2.34. The summed E-state index contributed by atoms with van der Waals surface area (Å²) in [7, 11) is 0. The third kappa shape index (κ3) is 3.70. The minimum atomic E-state index is -0.281. The summed E-state index contributed by atoms with van der Waals surface area (Å²) in [5, 5.41) is 3.14. The number of carbonyl (C=O) groups excluding carboxylic acids is 1. The number of aryl methyl sites for hydroxylation is 1. The molecule has 0 spiro atoms. The number of likely N-dealkylation sites (N-methyl/N-ethyl adjacent to an activating group) is 1. The number of carbonyl (C=O) groups is 1. The van der Waals surface area contributed by atoms with Gasteiger partial charge in [0.25, 0.3) is 0 Å². The molecule has 1 atom stereocenters. The second-order valence-corrected chi connectivity index (χ2v) is 5.07. The van der Waals surface area contributed by atoms with E-state index in [1.54, 1.807) is 11.1 Å². The van der Waals surface area contributed by atoms with Crippen LogP contribution in [0.4, 0.5) is 5.82 Å². The quantitative estimate of drug-likeness (QED) is 0.909. The maximum atomic E-state index is 12.1. The van der Waals surface area contributed by atoms with Gasteiger partial charge in [-0.2, -0.15) is 0 Å². The number of nitrogens with zero attached hydrogens (tertiary/aromatic N) is 2. The summed E-state index contributed by atoms with van der Waals surface area (Å²) in [6, 6.07) is 1.70. The fourth-order valence-corrected chi connectivity index (χ4v) is 2.29. The van der Waals surface area contributed by atoms with Crippen LogP contribution in [0.3, 0.4) is 0 Å². The van der Waals surface area contributed by atoms with Gasteiger partial charge in [0, 0.05) is 19.3 Å². The molecule has 0 saturated carbocycles. The third-order valence-corrected chi connectivity index (χ3v) is 3.38. The van der Waals surface area contributed by atoms with E-state index in [-0.39, 0.29) is 11.9 Å². The Balaban J connectivity index is 2.75. The van der Waals surface area contributed by atoms with Crippen LogP contribution in [-0.4, -0.2) is 34.9 Å². The molecule has 0 saturated heterocycles. The van der Waals surface area contributed by atoms with Crippen molar-refractivity contribution in [3.63, 3.8) is 0 Å². The fourth-order valence-electron chi connectivity index (χ4n) is 1.72. The largest absolute Gasteiger partial charge is 0.358 e. The van der Waals surface area contributed by atoms with Gasteiger partial charge in [0.15, 0.2) is 0 Å². The van der Waals surface area contributed by atoms with E-state index in [0.29, 0.717) is 5.82 Å². The lowest BCUT2D eigenvalue weighted by atomic mass is 10.2. The number of rotatable bonds is 5. The summed E-state index contributed by atoms with van der Waals surface area (Å²) in [6.45, 7) is 9.25. The first-order valence-electron chi connectivity index (χ1n) is 6.17. The molecular formula is C13H20BrN3O. The number of nitrogens with one attached hydrogen (secondary N) is 1. The SMILES string of the molecule is CCN(CC)C(=O)C(C)Nc1ncc(C)cc1Br. The van der Waals surface area contributed by atoms with Crippen molar-refractivity contribution in [2.75, 3.05) is 18.4 Å². The second-order valence-electron chi connectivity index (χ2n) is 4.22. The topological polar surface area (TPSA) is 45.2 Å². The number of aromatic nitrogens is 1. The Labute approximate surface area is 117 Å². The van der Waals surface area contributed by atoms with Crippen LogP contribution in [0.25, 0.3) is 0 Å². The highest BCUT2D eigenvalue weighted by Gasteiger charge is 2.18. The molecule has 100 valence electrons. The number of hydrogen-bond donors (Lipinski definition) is 1. The van der Waals surface area contributed by atoms with Gasteiger partial charge < -0.3 is 10.2 Å². The first-order valence-corrected chi connectivity index (χ1v) is 6.96. The molecule has 1 heterocycles. The van der Waals surface area contributed by atoms with Crippen molar-refractivity contribution >= 4 is 27.7 Å². The maximum absolute atomic E-state index is 12.1. The predicted molar refractivity (Wildman–Crippen MR) is 77.7 cm³/mol. The highest BCUT2D eigenvalue weighted by atomic mass is 79.9. The van der Waals surface area contributed by atoms with Crippen LogP contribution >= 0.6 is 15.9 Å². The zero-order valence-corrected chi connectivity index (χ0v) is 12.9. The van der Waals surface area contributed by atoms with E-state index >= 15 is 0 Å². The molecule has 1 N–H and O–H groups in total. The van der Waals surface area contributed by atoms with Gasteiger partial charge in [0.05, 0.1) is 4.47 Å². The van der Waals surface area contributed by atoms with Gasteiger partial charge in [-0.3, -0.25) is 4.79 Å². The molecule has 1 unspecified atom stereocenters. The first kappa shape index (κ1) is 15.0. The number of halogens is 1. The molecule has 1 aromatic rings. The van der Waals surface area contributed by atoms with Crippen molar-refractivity contribution in [1.82, 2.24) is 9.88 Å². The highest BCUT2D eigenvalue weighted by molar-refractivity contribution is 9.10. The van der Waals surface area contributed by atoms with Crippen molar-refractivity contribution in [3.05, 3.63) is 22.3 Å². The minimum Gasteiger partial charge on any atom is -0.358 e. The molecule has 0 aliphatic carbocycles. The Hall–Kier alpha value is -1.10. The van der Waals surface area contributed by atoms with Crippen LogP contribution in [0.5, 0.6) is 0 Å². The summed E-state index contributed by atoms with van der Waals surface area (Å²) in [5.41, 5.74) is 1.08. The molecule has 5 heteroatoms. The van der Waals surface area contributed by atoms with Crippen LogP contribution in [0, 0.1) is 6.92 Å². The number of anilines is 1. The van der Waals surface area contributed by atoms with E-state index < -0.39 is 0 Å². The van der Waals surface area contributed by atoms with Crippen LogP contribution in [0.1, 0.15) is 26.3 Å². The van der Waals surface area contributed by atoms with Crippen LogP contribution in [-0.2, 0) is 4.79 Å². The minimum absolute atomic E-state index is 0.0919. The molecule has 0 aliphatic rings. The number of amides is 1. The molecule has 1 amide bonds. The molecular weight excluding hydrogens is 294 g/mol. The molecule has 0 aliphatic heterocycles. The average molecular weight is 314 g/mol. The summed E-state index contributed by atoms with van der Waals surface area (Å²) in [5.74, 6) is 0.794. The molecule has 1 aromatic heterocycles. The molecule has 18 heavy (non-hydrogen) atoms. The molecule has 1 rings (SSSR count). The summed E-state index contributed by atoms with van der Waals surface area (Å²) in [4.78, 5) is 18.2. The van der Waals surface area contributed by atoms with E-state index in [2.05, 4.69) is 26.2 Å². The van der Waals surface area contributed by atoms with Crippen molar-refractivity contribution < 1.29 is 4.79 Å². The lowest BCUT2D eigenvalue weighted by molar-refractivity contribution is -0.131. The normalized spacial score (nSPS) is 12.1. The van der Waals surface area contributed by atoms with Gasteiger partial charge in [0.1, 0.15) is 11.9 Å². The van der Waals surface area contributed by atoms with E-state index in [4.69, 9.17) is 0 Å². The van der Waals surface area contributed by atoms with Crippen molar-refractivity contribution in [2.24, 2.45) is 0 Å². The van der Waals surface area contributed by atoms with E-state index in [1.807, 2.05) is 33.8 Å². The zero-order chi connectivity index (χ0) is 13.7. The monoisotopic (exact) mass is 313 g/mol. The summed E-state index contributed by atoms with van der Waals surface area (Å²) in [6.07, 6.45) is 1.78. The van der Waals surface area contributed by atoms with Crippen molar-refractivity contribution in [2.45, 2.75) is 33.7 Å². The zero-order valence-electron chi connectivity index (χ0n) is 11.3. The lowest BCUT2D eigenvalue weighted by Crippen LogP contribution is -2.41. The molecule has 0 fully saturated rings. The fraction of sp³-hybridized carbons (Fsp3) is 0.538. The Morgan fingerprint density at radius 3 is 2.61 bits per heavy atom. The Kier molecular flexibility index (Phi) is 5.59. The maximum Gasteiger partial charge on any atom is 0.244 e. The predicted octanol–water partition coefficient (Wildman–Crippen LogP) is 2.82. The Morgan fingerprint density at radius 1 is 1.50 bits per heavy atom. The summed E-state index contributed by atoms with van der Waals surface area (Å²) >= 11 is 3.45. The van der Waals surface area contributed by atoms with Gasteiger partial charge in [-0.25, -0.2) is 4.98 Å². The van der Waals surface area contributed by atoms with Gasteiger partial charge in [0.2, 0.25) is 5.91 Å². The van der Waals surface area contributed by atoms with Crippen molar-refractivity contribution in [3.8, 4) is 0 Å². The second kappa shape index (κ2) is 6.73. The van der Waals surface area contributed by atoms with Crippen LogP contribution < -0.4 is 5.32 Å². The molecule has 0 aromatic carbocycles. The number of hydrogen-bond acceptors (Lipinski definition) is 3. The van der Waals surface area contributed by atoms with Gasteiger partial charge in [-0.15, -0.1) is 0 Å². The van der Waals surface area contributed by atoms with Gasteiger partial charge >= 0.3 is 0 Å². The van der Waals surface area contributed by atoms with E-state index in [0.717, 1.165) is 23.1 Å². The van der Waals surface area contributed by atoms with Crippen LogP contribution in [0.15, 0.2) is 16.7 Å². The van der Waals surface area contributed by atoms with Crippen LogP contribution in [0.2, 0.25) is 0 Å². The third-order valence-electron chi connectivity index (χ3n) is 2.78. The van der Waals surface area contributed by atoms with E-state index in [1.165, 1.54) is 0 Å². The lowest BCUT2D eigenvalue weighted by Gasteiger charge is -2.24. The Bertz CT molecular complexity index is 419. The Morgan fingerprint density at radius 2 is 2.11 bits per heavy atom. The molecule has 0 radical (unpaired) electrons. The van der Waals surface area contributed by atoms with E-state index in [9.17, 15) is 4.79 Å².